The lowest BCUT2D eigenvalue weighted by Crippen LogP contribution is -2.07. The highest BCUT2D eigenvalue weighted by Crippen LogP contribution is 2.30. The van der Waals surface area contributed by atoms with Gasteiger partial charge in [-0.3, -0.25) is 4.98 Å². The van der Waals surface area contributed by atoms with Crippen molar-refractivity contribution in [2.75, 3.05) is 5.75 Å². The first-order chi connectivity index (χ1) is 7.05. The number of rotatable bonds is 1. The Kier molecular flexibility index (Phi) is 4.04. The van der Waals surface area contributed by atoms with Gasteiger partial charge in [0.2, 0.25) is 0 Å². The Balaban J connectivity index is 3.04. The van der Waals surface area contributed by atoms with Crippen LogP contribution in [-0.2, 0) is 6.18 Å². The van der Waals surface area contributed by atoms with Crippen LogP contribution in [0.1, 0.15) is 17.5 Å². The second-order valence-electron chi connectivity index (χ2n) is 2.69. The van der Waals surface area contributed by atoms with E-state index in [1.807, 2.05) is 0 Å². The summed E-state index contributed by atoms with van der Waals surface area (Å²) in [5.74, 6) is 5.56. The molecule has 0 bridgehead atoms. The molecule has 0 aromatic carbocycles. The van der Waals surface area contributed by atoms with Crippen LogP contribution in [-0.4, -0.2) is 10.7 Å². The Morgan fingerprint density at radius 2 is 2.13 bits per heavy atom. The van der Waals surface area contributed by atoms with Crippen molar-refractivity contribution in [3.05, 3.63) is 29.6 Å². The molecule has 0 fully saturated rings. The zero-order valence-electron chi connectivity index (χ0n) is 7.67. The van der Waals surface area contributed by atoms with Gasteiger partial charge in [-0.1, -0.05) is 11.8 Å². The van der Waals surface area contributed by atoms with Crippen LogP contribution in [0.3, 0.4) is 0 Å². The second kappa shape index (κ2) is 5.08. The number of nitrogens with zero attached hydrogens (tertiary/aromatic N) is 1. The van der Waals surface area contributed by atoms with Gasteiger partial charge in [0, 0.05) is 24.6 Å². The van der Waals surface area contributed by atoms with Crippen molar-refractivity contribution < 1.29 is 13.2 Å². The molecule has 0 saturated carbocycles. The topological polar surface area (TPSA) is 12.9 Å². The molecule has 1 aromatic heterocycles. The van der Waals surface area contributed by atoms with Crippen molar-refractivity contribution in [2.45, 2.75) is 12.6 Å². The molecule has 0 amide bonds. The van der Waals surface area contributed by atoms with E-state index >= 15 is 0 Å². The van der Waals surface area contributed by atoms with Crippen LogP contribution in [0.5, 0.6) is 0 Å². The fourth-order valence-electron chi connectivity index (χ4n) is 0.955. The van der Waals surface area contributed by atoms with E-state index in [9.17, 15) is 13.2 Å². The third-order valence-corrected chi connectivity index (χ3v) is 1.81. The molecule has 1 aromatic rings. The molecule has 0 saturated heterocycles. The maximum atomic E-state index is 12.4. The molecule has 0 radical (unpaired) electrons. The fourth-order valence-corrected chi connectivity index (χ4v) is 1.07. The second-order valence-corrected chi connectivity index (χ2v) is 3.14. The maximum absolute atomic E-state index is 12.4. The SMILES string of the molecule is FC(F)(F)c1ccncc1C#CCCS. The Morgan fingerprint density at radius 1 is 1.40 bits per heavy atom. The summed E-state index contributed by atoms with van der Waals surface area (Å²) in [6.07, 6.45) is -1.70. The molecule has 80 valence electrons. The summed E-state index contributed by atoms with van der Waals surface area (Å²) in [6.45, 7) is 0. The minimum Gasteiger partial charge on any atom is -0.263 e. The predicted molar refractivity (Wildman–Crippen MR) is 54.6 cm³/mol. The Morgan fingerprint density at radius 3 is 2.73 bits per heavy atom. The predicted octanol–water partition coefficient (Wildman–Crippen LogP) is 2.77. The van der Waals surface area contributed by atoms with E-state index in [1.165, 1.54) is 0 Å². The van der Waals surface area contributed by atoms with Gasteiger partial charge in [-0.2, -0.15) is 25.8 Å². The Hall–Kier alpha value is -1.15. The summed E-state index contributed by atoms with van der Waals surface area (Å²) in [5, 5.41) is 0. The van der Waals surface area contributed by atoms with Gasteiger partial charge in [0.1, 0.15) is 0 Å². The monoisotopic (exact) mass is 231 g/mol. The van der Waals surface area contributed by atoms with E-state index in [-0.39, 0.29) is 5.56 Å². The van der Waals surface area contributed by atoms with Gasteiger partial charge in [-0.15, -0.1) is 0 Å². The third-order valence-electron chi connectivity index (χ3n) is 1.59. The van der Waals surface area contributed by atoms with Crippen molar-refractivity contribution >= 4 is 12.6 Å². The van der Waals surface area contributed by atoms with E-state index in [4.69, 9.17) is 0 Å². The number of thiol groups is 1. The molecule has 0 atom stereocenters. The summed E-state index contributed by atoms with van der Waals surface area (Å²) in [6, 6.07) is 0.921. The van der Waals surface area contributed by atoms with Crippen LogP contribution in [0.2, 0.25) is 0 Å². The number of alkyl halides is 3. The smallest absolute Gasteiger partial charge is 0.263 e. The average Bonchev–Trinajstić information content (AvgIpc) is 2.17. The van der Waals surface area contributed by atoms with Crippen molar-refractivity contribution in [3.63, 3.8) is 0 Å². The van der Waals surface area contributed by atoms with Crippen molar-refractivity contribution in [1.29, 1.82) is 0 Å². The lowest BCUT2D eigenvalue weighted by atomic mass is 10.1. The molecule has 0 N–H and O–H groups in total. The minimum atomic E-state index is -4.38. The highest BCUT2D eigenvalue weighted by Gasteiger charge is 2.32. The lowest BCUT2D eigenvalue weighted by Gasteiger charge is -2.07. The van der Waals surface area contributed by atoms with E-state index in [2.05, 4.69) is 29.5 Å². The summed E-state index contributed by atoms with van der Waals surface area (Å²) in [4.78, 5) is 3.62. The lowest BCUT2D eigenvalue weighted by molar-refractivity contribution is -0.137. The van der Waals surface area contributed by atoms with E-state index in [0.29, 0.717) is 12.2 Å². The average molecular weight is 231 g/mol. The van der Waals surface area contributed by atoms with Crippen molar-refractivity contribution in [2.24, 2.45) is 0 Å². The number of halogens is 3. The fraction of sp³-hybridized carbons (Fsp3) is 0.300. The summed E-state index contributed by atoms with van der Waals surface area (Å²) < 4.78 is 37.3. The highest BCUT2D eigenvalue weighted by molar-refractivity contribution is 7.80. The van der Waals surface area contributed by atoms with Gasteiger partial charge in [-0.25, -0.2) is 0 Å². The van der Waals surface area contributed by atoms with Gasteiger partial charge < -0.3 is 0 Å². The first-order valence-electron chi connectivity index (χ1n) is 4.16. The summed E-state index contributed by atoms with van der Waals surface area (Å²) in [7, 11) is 0. The van der Waals surface area contributed by atoms with Gasteiger partial charge in [0.25, 0.3) is 0 Å². The Labute approximate surface area is 91.1 Å². The first-order valence-corrected chi connectivity index (χ1v) is 4.80. The number of pyridine rings is 1. The number of hydrogen-bond donors (Lipinski definition) is 1. The number of aromatic nitrogens is 1. The molecule has 15 heavy (non-hydrogen) atoms. The van der Waals surface area contributed by atoms with Crippen molar-refractivity contribution in [3.8, 4) is 11.8 Å². The van der Waals surface area contributed by atoms with Crippen LogP contribution < -0.4 is 0 Å². The summed E-state index contributed by atoms with van der Waals surface area (Å²) in [5.41, 5.74) is -0.837. The minimum absolute atomic E-state index is 0.0909. The normalized spacial score (nSPS) is 10.7. The Bertz CT molecular complexity index is 390. The summed E-state index contributed by atoms with van der Waals surface area (Å²) >= 11 is 3.91. The third kappa shape index (κ3) is 3.48. The van der Waals surface area contributed by atoms with Gasteiger partial charge in [0.15, 0.2) is 0 Å². The molecule has 0 aliphatic rings. The maximum Gasteiger partial charge on any atom is 0.417 e. The van der Waals surface area contributed by atoms with Gasteiger partial charge in [0.05, 0.1) is 11.1 Å². The molecule has 0 aliphatic heterocycles. The molecule has 1 heterocycles. The van der Waals surface area contributed by atoms with Crippen LogP contribution in [0.15, 0.2) is 18.5 Å². The standard InChI is InChI=1S/C10H8F3NS/c11-10(12,13)9-4-5-14-7-8(9)3-1-2-6-15/h4-5,7,15H,2,6H2. The molecule has 0 aliphatic carbocycles. The van der Waals surface area contributed by atoms with E-state index in [1.54, 1.807) is 0 Å². The van der Waals surface area contributed by atoms with E-state index in [0.717, 1.165) is 18.5 Å². The largest absolute Gasteiger partial charge is 0.417 e. The zero-order chi connectivity index (χ0) is 11.3. The molecule has 5 heteroatoms. The van der Waals surface area contributed by atoms with Crippen LogP contribution in [0, 0.1) is 11.8 Å². The quantitative estimate of drug-likeness (QED) is 0.579. The van der Waals surface area contributed by atoms with Crippen LogP contribution >= 0.6 is 12.6 Å². The molecule has 0 unspecified atom stereocenters. The molecule has 1 nitrogen and oxygen atoms in total. The molecular formula is C10H8F3NS. The van der Waals surface area contributed by atoms with Gasteiger partial charge >= 0.3 is 6.18 Å². The van der Waals surface area contributed by atoms with Crippen molar-refractivity contribution in [1.82, 2.24) is 4.98 Å². The number of hydrogen-bond acceptors (Lipinski definition) is 2. The first kappa shape index (κ1) is 11.9. The van der Waals surface area contributed by atoms with Gasteiger partial charge in [-0.05, 0) is 6.07 Å². The molecule has 0 spiro atoms. The highest BCUT2D eigenvalue weighted by atomic mass is 32.1. The molecule has 1 rings (SSSR count). The zero-order valence-corrected chi connectivity index (χ0v) is 8.57. The van der Waals surface area contributed by atoms with E-state index < -0.39 is 11.7 Å². The molecular weight excluding hydrogens is 223 g/mol. The van der Waals surface area contributed by atoms with Crippen LogP contribution in [0.4, 0.5) is 13.2 Å². The van der Waals surface area contributed by atoms with Crippen LogP contribution in [0.25, 0.3) is 0 Å².